The maximum atomic E-state index is 11.0. The van der Waals surface area contributed by atoms with E-state index in [-0.39, 0.29) is 16.7 Å². The molecule has 0 aliphatic rings. The third kappa shape index (κ3) is 4.03. The van der Waals surface area contributed by atoms with E-state index in [4.69, 9.17) is 11.6 Å². The minimum Gasteiger partial charge on any atom is -0.306 e. The number of nitrogens with one attached hydrogen (secondary N) is 1. The first-order valence-electron chi connectivity index (χ1n) is 6.83. The molecule has 110 valence electrons. The van der Waals surface area contributed by atoms with E-state index >= 15 is 0 Å². The highest BCUT2D eigenvalue weighted by Gasteiger charge is 2.14. The maximum Gasteiger partial charge on any atom is 0.273 e. The highest BCUT2D eigenvalue weighted by molar-refractivity contribution is 6.30. The summed E-state index contributed by atoms with van der Waals surface area (Å²) in [5, 5.41) is 15.1. The Hall–Kier alpha value is -1.91. The molecular formula is C16H17ClN2O2. The molecule has 0 amide bonds. The predicted molar refractivity (Wildman–Crippen MR) is 84.4 cm³/mol. The highest BCUT2D eigenvalue weighted by Crippen LogP contribution is 2.23. The Bertz CT molecular complexity index is 631. The number of nitro benzene ring substituents is 1. The van der Waals surface area contributed by atoms with Crippen molar-refractivity contribution in [1.29, 1.82) is 0 Å². The minimum atomic E-state index is -0.350. The van der Waals surface area contributed by atoms with Crippen LogP contribution in [0.1, 0.15) is 30.5 Å². The van der Waals surface area contributed by atoms with Crippen LogP contribution in [-0.4, -0.2) is 4.92 Å². The molecule has 1 atom stereocenters. The van der Waals surface area contributed by atoms with Gasteiger partial charge < -0.3 is 5.32 Å². The molecule has 0 aliphatic carbocycles. The lowest BCUT2D eigenvalue weighted by Crippen LogP contribution is -2.20. The van der Waals surface area contributed by atoms with Crippen LogP contribution in [0.3, 0.4) is 0 Å². The minimum absolute atomic E-state index is 0.114. The summed E-state index contributed by atoms with van der Waals surface area (Å²) in [4.78, 5) is 10.7. The fraction of sp³-hybridized carbons (Fsp3) is 0.250. The summed E-state index contributed by atoms with van der Waals surface area (Å²) in [6.45, 7) is 2.51. The molecule has 2 rings (SSSR count). The zero-order chi connectivity index (χ0) is 15.2. The molecule has 0 saturated carbocycles. The molecule has 1 unspecified atom stereocenters. The summed E-state index contributed by atoms with van der Waals surface area (Å²) in [6.07, 6.45) is 0.876. The van der Waals surface area contributed by atoms with Crippen molar-refractivity contribution in [3.63, 3.8) is 0 Å². The first kappa shape index (κ1) is 15.5. The summed E-state index contributed by atoms with van der Waals surface area (Å²) in [7, 11) is 0. The molecule has 5 heteroatoms. The van der Waals surface area contributed by atoms with Gasteiger partial charge in [0.2, 0.25) is 0 Å². The normalized spacial score (nSPS) is 12.1. The van der Waals surface area contributed by atoms with Gasteiger partial charge >= 0.3 is 0 Å². The van der Waals surface area contributed by atoms with Crippen molar-refractivity contribution in [2.75, 3.05) is 0 Å². The van der Waals surface area contributed by atoms with E-state index in [0.717, 1.165) is 12.0 Å². The van der Waals surface area contributed by atoms with Crippen molar-refractivity contribution in [2.24, 2.45) is 0 Å². The van der Waals surface area contributed by atoms with Gasteiger partial charge in [-0.15, -0.1) is 0 Å². The van der Waals surface area contributed by atoms with Gasteiger partial charge in [-0.1, -0.05) is 48.9 Å². The van der Waals surface area contributed by atoms with Crippen LogP contribution in [0.2, 0.25) is 5.02 Å². The molecular weight excluding hydrogens is 288 g/mol. The highest BCUT2D eigenvalue weighted by atomic mass is 35.5. The third-order valence-electron chi connectivity index (χ3n) is 3.39. The molecule has 0 fully saturated rings. The zero-order valence-electron chi connectivity index (χ0n) is 11.8. The van der Waals surface area contributed by atoms with E-state index in [9.17, 15) is 10.1 Å². The first-order chi connectivity index (χ1) is 10.1. The largest absolute Gasteiger partial charge is 0.306 e. The van der Waals surface area contributed by atoms with Gasteiger partial charge in [-0.05, 0) is 24.1 Å². The number of hydrogen-bond acceptors (Lipinski definition) is 3. The Morgan fingerprint density at radius 1 is 1.24 bits per heavy atom. The molecule has 2 aromatic carbocycles. The van der Waals surface area contributed by atoms with Gasteiger partial charge in [-0.2, -0.15) is 0 Å². The van der Waals surface area contributed by atoms with Crippen molar-refractivity contribution in [3.8, 4) is 0 Å². The van der Waals surface area contributed by atoms with Crippen molar-refractivity contribution in [2.45, 2.75) is 25.9 Å². The van der Waals surface area contributed by atoms with Gasteiger partial charge in [0.1, 0.15) is 0 Å². The second kappa shape index (κ2) is 7.20. The summed E-state index contributed by atoms with van der Waals surface area (Å²) in [6, 6.07) is 14.6. The van der Waals surface area contributed by atoms with Gasteiger partial charge in [0, 0.05) is 29.2 Å². The van der Waals surface area contributed by atoms with Crippen molar-refractivity contribution < 1.29 is 4.92 Å². The molecule has 1 N–H and O–H groups in total. The quantitative estimate of drug-likeness (QED) is 0.632. The summed E-state index contributed by atoms with van der Waals surface area (Å²) < 4.78 is 0. The SMILES string of the molecule is CCC(NCc1ccccc1[N+](=O)[O-])c1cccc(Cl)c1. The van der Waals surface area contributed by atoms with Crippen LogP contribution in [0.5, 0.6) is 0 Å². The van der Waals surface area contributed by atoms with Crippen LogP contribution in [0.25, 0.3) is 0 Å². The van der Waals surface area contributed by atoms with Gasteiger partial charge in [0.05, 0.1) is 4.92 Å². The van der Waals surface area contributed by atoms with Crippen molar-refractivity contribution >= 4 is 17.3 Å². The molecule has 0 spiro atoms. The van der Waals surface area contributed by atoms with Crippen LogP contribution >= 0.6 is 11.6 Å². The predicted octanol–water partition coefficient (Wildman–Crippen LogP) is 4.49. The molecule has 0 radical (unpaired) electrons. The number of hydrogen-bond donors (Lipinski definition) is 1. The molecule has 2 aromatic rings. The van der Waals surface area contributed by atoms with Crippen molar-refractivity contribution in [1.82, 2.24) is 5.32 Å². The van der Waals surface area contributed by atoms with Gasteiger partial charge in [-0.3, -0.25) is 10.1 Å². The first-order valence-corrected chi connectivity index (χ1v) is 7.20. The maximum absolute atomic E-state index is 11.0. The summed E-state index contributed by atoms with van der Waals surface area (Å²) in [5.41, 5.74) is 1.91. The van der Waals surface area contributed by atoms with E-state index in [1.54, 1.807) is 12.1 Å². The molecule has 0 heterocycles. The van der Waals surface area contributed by atoms with Crippen LogP contribution in [0.4, 0.5) is 5.69 Å². The van der Waals surface area contributed by atoms with Crippen LogP contribution in [0, 0.1) is 10.1 Å². The molecule has 21 heavy (non-hydrogen) atoms. The lowest BCUT2D eigenvalue weighted by Gasteiger charge is -2.17. The van der Waals surface area contributed by atoms with Crippen LogP contribution in [-0.2, 0) is 6.54 Å². The Labute approximate surface area is 128 Å². The van der Waals surface area contributed by atoms with Gasteiger partial charge in [-0.25, -0.2) is 0 Å². The van der Waals surface area contributed by atoms with Crippen molar-refractivity contribution in [3.05, 3.63) is 74.8 Å². The third-order valence-corrected chi connectivity index (χ3v) is 3.62. The molecule has 0 aromatic heterocycles. The fourth-order valence-corrected chi connectivity index (χ4v) is 2.49. The monoisotopic (exact) mass is 304 g/mol. The van der Waals surface area contributed by atoms with E-state index in [1.165, 1.54) is 6.07 Å². The Balaban J connectivity index is 2.12. The average Bonchev–Trinajstić information content (AvgIpc) is 2.48. The number of nitro groups is 1. The Morgan fingerprint density at radius 2 is 2.00 bits per heavy atom. The summed E-state index contributed by atoms with van der Waals surface area (Å²) >= 11 is 6.01. The lowest BCUT2D eigenvalue weighted by atomic mass is 10.0. The van der Waals surface area contributed by atoms with E-state index < -0.39 is 0 Å². The summed E-state index contributed by atoms with van der Waals surface area (Å²) in [5.74, 6) is 0. The fourth-order valence-electron chi connectivity index (χ4n) is 2.29. The second-order valence-electron chi connectivity index (χ2n) is 4.78. The molecule has 0 aliphatic heterocycles. The Morgan fingerprint density at radius 3 is 2.67 bits per heavy atom. The molecule has 4 nitrogen and oxygen atoms in total. The molecule has 0 saturated heterocycles. The number of halogens is 1. The number of benzene rings is 2. The number of nitrogens with zero attached hydrogens (tertiary/aromatic N) is 1. The zero-order valence-corrected chi connectivity index (χ0v) is 12.5. The smallest absolute Gasteiger partial charge is 0.273 e. The number of para-hydroxylation sites is 1. The van der Waals surface area contributed by atoms with Gasteiger partial charge in [0.25, 0.3) is 5.69 Å². The van der Waals surface area contributed by atoms with Crippen LogP contribution in [0.15, 0.2) is 48.5 Å². The average molecular weight is 305 g/mol. The van der Waals surface area contributed by atoms with Crippen LogP contribution < -0.4 is 5.32 Å². The second-order valence-corrected chi connectivity index (χ2v) is 5.22. The van der Waals surface area contributed by atoms with E-state index in [1.807, 2.05) is 30.3 Å². The number of rotatable bonds is 6. The van der Waals surface area contributed by atoms with Gasteiger partial charge in [0.15, 0.2) is 0 Å². The topological polar surface area (TPSA) is 55.2 Å². The lowest BCUT2D eigenvalue weighted by molar-refractivity contribution is -0.385. The standard InChI is InChI=1S/C16H17ClN2O2/c1-2-15(12-7-5-8-14(17)10-12)18-11-13-6-3-4-9-16(13)19(20)21/h3-10,15,18H,2,11H2,1H3. The van der Waals surface area contributed by atoms with E-state index in [2.05, 4.69) is 12.2 Å². The molecule has 0 bridgehead atoms. The Kier molecular flexibility index (Phi) is 5.31. The van der Waals surface area contributed by atoms with E-state index in [0.29, 0.717) is 17.1 Å².